The number of fused-ring (bicyclic) bond motifs is 9. The molecule has 98 heavy (non-hydrogen) atoms. The second-order valence-corrected chi connectivity index (χ2v) is 32.0. The molecule has 0 saturated heterocycles. The molecule has 4 heterocycles. The molecular weight excluding hydrogens is 1190 g/mol. The van der Waals surface area contributed by atoms with Gasteiger partial charge in [-0.1, -0.05) is 292 Å². The third-order valence-electron chi connectivity index (χ3n) is 20.0. The fourth-order valence-electron chi connectivity index (χ4n) is 14.6. The lowest BCUT2D eigenvalue weighted by molar-refractivity contribution is 0.463. The van der Waals surface area contributed by atoms with Gasteiger partial charge in [-0.25, -0.2) is 0 Å². The summed E-state index contributed by atoms with van der Waals surface area (Å²) in [6.07, 6.45) is 0. The molecule has 0 amide bonds. The van der Waals surface area contributed by atoms with Crippen LogP contribution in [0.25, 0.3) is 55.6 Å². The highest BCUT2D eigenvalue weighted by Crippen LogP contribution is 2.57. The Morgan fingerprint density at radius 1 is 0.286 bits per heavy atom. The zero-order chi connectivity index (χ0) is 76.8. The third-order valence-corrected chi connectivity index (χ3v) is 20.0. The van der Waals surface area contributed by atoms with Crippen molar-refractivity contribution < 1.29 is 23.2 Å². The second-order valence-electron chi connectivity index (χ2n) is 32.0. The van der Waals surface area contributed by atoms with Crippen molar-refractivity contribution in [2.75, 3.05) is 9.80 Å². The maximum absolute atomic E-state index is 11.8. The highest BCUT2D eigenvalue weighted by Gasteiger charge is 2.52. The van der Waals surface area contributed by atoms with Crippen molar-refractivity contribution in [1.29, 1.82) is 0 Å². The topological polar surface area (TPSA) is 24.9 Å². The lowest BCUT2D eigenvalue weighted by Crippen LogP contribution is -2.65. The van der Waals surface area contributed by atoms with Gasteiger partial charge in [-0.2, -0.15) is 0 Å². The summed E-state index contributed by atoms with van der Waals surface area (Å²) in [7, 11) is 0. The summed E-state index contributed by atoms with van der Waals surface area (Å²) in [4.78, 5) is 4.39. The van der Waals surface area contributed by atoms with Crippen LogP contribution in [0.4, 0.5) is 34.1 Å². The van der Waals surface area contributed by atoms with Gasteiger partial charge in [0.2, 0.25) is 0 Å². The zero-order valence-electron chi connectivity index (χ0n) is 68.8. The maximum Gasteiger partial charge on any atom is 0.260 e. The molecule has 16 rings (SSSR count). The van der Waals surface area contributed by atoms with Gasteiger partial charge < -0.3 is 19.3 Å². The first kappa shape index (κ1) is 52.1. The van der Waals surface area contributed by atoms with E-state index in [0.717, 1.165) is 61.2 Å². The summed E-state index contributed by atoms with van der Waals surface area (Å²) in [6.45, 7) is 28.7. The molecule has 0 spiro atoms. The van der Waals surface area contributed by atoms with Crippen LogP contribution in [0.2, 0.25) is 0 Å². The van der Waals surface area contributed by atoms with Crippen molar-refractivity contribution in [3.05, 3.63) is 276 Å². The average molecular weight is 1280 g/mol. The molecule has 0 aliphatic carbocycles. The summed E-state index contributed by atoms with van der Waals surface area (Å²) in [5.41, 5.74) is 12.8. The van der Waals surface area contributed by atoms with Crippen molar-refractivity contribution in [2.45, 2.75) is 131 Å². The van der Waals surface area contributed by atoms with E-state index in [1.165, 1.54) is 0 Å². The normalized spacial score (nSPS) is 15.2. The van der Waals surface area contributed by atoms with Gasteiger partial charge in [0.1, 0.15) is 23.0 Å². The van der Waals surface area contributed by atoms with E-state index in [4.69, 9.17) is 9.47 Å². The van der Waals surface area contributed by atoms with Crippen LogP contribution in [0.3, 0.4) is 0 Å². The molecule has 482 valence electrons. The van der Waals surface area contributed by atoms with E-state index in [2.05, 4.69) is 157 Å². The Hall–Kier alpha value is -10.0. The van der Waals surface area contributed by atoms with Gasteiger partial charge in [-0.05, 0) is 170 Å². The fraction of sp³-hybridized carbons (Fsp3) is 0.217. The lowest BCUT2D eigenvalue weighted by Gasteiger charge is -2.48. The van der Waals surface area contributed by atoms with Crippen LogP contribution in [0.15, 0.2) is 248 Å². The Morgan fingerprint density at radius 3 is 1.05 bits per heavy atom. The van der Waals surface area contributed by atoms with Crippen molar-refractivity contribution in [3.8, 4) is 78.6 Å². The molecular formula is C92H86B2N2O2. The summed E-state index contributed by atoms with van der Waals surface area (Å²) in [5, 5.41) is 0. The number of ether oxygens (including phenoxy) is 2. The van der Waals surface area contributed by atoms with Crippen molar-refractivity contribution in [3.63, 3.8) is 0 Å². The molecule has 4 nitrogen and oxygen atoms in total. The molecule has 0 N–H and O–H groups in total. The Morgan fingerprint density at radius 2 is 0.653 bits per heavy atom. The second kappa shape index (κ2) is 22.8. The first-order valence-corrected chi connectivity index (χ1v) is 34.4. The van der Waals surface area contributed by atoms with Crippen LogP contribution in [-0.2, 0) is 27.1 Å². The van der Waals surface area contributed by atoms with Gasteiger partial charge in [-0.3, -0.25) is 0 Å². The maximum atomic E-state index is 11.8. The summed E-state index contributed by atoms with van der Waals surface area (Å²) in [6, 6.07) is 62.3. The largest absolute Gasteiger partial charge is 0.459 e. The van der Waals surface area contributed by atoms with Gasteiger partial charge in [0.15, 0.2) is 0 Å². The standard InChI is InChI=1S/C92H86B2N2O2/c1-88(2,3)63-42-44-72-79(54-63)97-81-56-78-83(87-84(81)93(72)73-45-43-64(89(4,5)6)55-80(73)98-87)94-74-47-62(57-31-21-16-22-32-57)41-46-75(74)95(85-68(58-33-23-17-24-34-58)48-65(90(7,8)9)49-69(85)59-35-25-18-26-36-59)76-52-67(92(13,14)15)53-77(82(76)94)96(78)86-70(60-37-27-19-28-38-60)50-66(91(10,11)12)51-71(86)61-39-29-20-30-40-61/h16-56H,1-15H3/i41D,42D,43D,44D,45D,46D,47D,54D,55D,56D. The molecule has 4 aliphatic rings. The van der Waals surface area contributed by atoms with Gasteiger partial charge >= 0.3 is 0 Å². The first-order chi connectivity index (χ1) is 51.0. The van der Waals surface area contributed by atoms with Gasteiger partial charge in [0, 0.05) is 56.5 Å². The summed E-state index contributed by atoms with van der Waals surface area (Å²) >= 11 is 0. The molecule has 6 heteroatoms. The van der Waals surface area contributed by atoms with Gasteiger partial charge in [0.05, 0.1) is 25.1 Å². The number of anilines is 6. The van der Waals surface area contributed by atoms with E-state index in [9.17, 15) is 13.7 Å². The zero-order valence-corrected chi connectivity index (χ0v) is 58.8. The number of benzene rings is 12. The monoisotopic (exact) mass is 1280 g/mol. The van der Waals surface area contributed by atoms with E-state index in [0.29, 0.717) is 44.7 Å². The lowest BCUT2D eigenvalue weighted by atomic mass is 9.30. The summed E-state index contributed by atoms with van der Waals surface area (Å²) in [5.74, 6) is -0.0714. The van der Waals surface area contributed by atoms with E-state index < -0.39 is 35.1 Å². The Labute approximate surface area is 596 Å². The molecule has 12 aromatic carbocycles. The van der Waals surface area contributed by atoms with Crippen LogP contribution in [-0.4, -0.2) is 13.4 Å². The van der Waals surface area contributed by atoms with Gasteiger partial charge in [0.25, 0.3) is 13.4 Å². The predicted octanol–water partition coefficient (Wildman–Crippen LogP) is 21.3. The number of nitrogens with zero attached hydrogens (tertiary/aromatic N) is 2. The van der Waals surface area contributed by atoms with E-state index >= 15 is 0 Å². The van der Waals surface area contributed by atoms with E-state index in [-0.39, 0.29) is 133 Å². The summed E-state index contributed by atoms with van der Waals surface area (Å²) < 4.78 is 122. The van der Waals surface area contributed by atoms with Gasteiger partial charge in [-0.15, -0.1) is 0 Å². The molecule has 0 saturated carbocycles. The minimum atomic E-state index is -1.34. The Kier molecular flexibility index (Phi) is 12.1. The van der Waals surface area contributed by atoms with Crippen LogP contribution in [0.5, 0.6) is 23.0 Å². The molecule has 0 fully saturated rings. The molecule has 4 aliphatic heterocycles. The minimum absolute atomic E-state index is 0.0420. The Balaban J connectivity index is 1.20. The van der Waals surface area contributed by atoms with Crippen LogP contribution < -0.4 is 52.1 Å². The highest BCUT2D eigenvalue weighted by atomic mass is 16.5. The van der Waals surface area contributed by atoms with Crippen LogP contribution >= 0.6 is 0 Å². The molecule has 0 radical (unpaired) electrons. The van der Waals surface area contributed by atoms with Crippen molar-refractivity contribution in [2.24, 2.45) is 0 Å². The molecule has 0 bridgehead atoms. The Bertz CT molecular complexity index is 5640. The highest BCUT2D eigenvalue weighted by molar-refractivity contribution is 7.03. The molecule has 0 aromatic heterocycles. The quantitative estimate of drug-likeness (QED) is 0.149. The van der Waals surface area contributed by atoms with Crippen LogP contribution in [0.1, 0.15) is 145 Å². The van der Waals surface area contributed by atoms with Crippen molar-refractivity contribution >= 4 is 80.3 Å². The van der Waals surface area contributed by atoms with E-state index in [1.807, 2.05) is 145 Å². The molecule has 0 unspecified atom stereocenters. The smallest absolute Gasteiger partial charge is 0.260 e. The minimum Gasteiger partial charge on any atom is -0.459 e. The predicted molar refractivity (Wildman–Crippen MR) is 419 cm³/mol. The molecule has 0 atom stereocenters. The third kappa shape index (κ3) is 10.5. The molecule has 12 aromatic rings. The average Bonchev–Trinajstić information content (AvgIpc) is 0.663. The van der Waals surface area contributed by atoms with E-state index in [1.54, 1.807) is 0 Å². The van der Waals surface area contributed by atoms with Crippen LogP contribution in [0, 0.1) is 0 Å². The fourth-order valence-corrected chi connectivity index (χ4v) is 14.6. The SMILES string of the molecule is [2H]c1c([2H])c(C(C)(C)C)c([2H])c2c1B1c3c([2H])c([2H])c(C(C)(C)C)c([2H])c3Oc3c1c(c([2H])c1c3B3c4c(cc(C(C)(C)C)cc4N1c1c(-c4ccccc4)cc(C(C)(C)C)cc1-c1ccccc1)N(c1c(-c4ccccc4)cc(C(C)(C)C)cc1-c1ccccc1)c1c([2H])c([2H])c(-c4ccccc4)c([2H])c13)O2. The first-order valence-electron chi connectivity index (χ1n) is 39.4. The van der Waals surface area contributed by atoms with Crippen molar-refractivity contribution in [1.82, 2.24) is 0 Å². The number of hydrogen-bond donors (Lipinski definition) is 0. The number of hydrogen-bond acceptors (Lipinski definition) is 4. The number of rotatable bonds is 7.